The van der Waals surface area contributed by atoms with Gasteiger partial charge in [0.1, 0.15) is 5.82 Å². The van der Waals surface area contributed by atoms with Gasteiger partial charge in [-0.05, 0) is 18.2 Å². The lowest BCUT2D eigenvalue weighted by Crippen LogP contribution is -1.88. The molecule has 0 bridgehead atoms. The molecule has 0 aliphatic carbocycles. The fourth-order valence-corrected chi connectivity index (χ4v) is 0.913. The third-order valence-corrected chi connectivity index (χ3v) is 1.48. The second-order valence-electron chi connectivity index (χ2n) is 1.93. The van der Waals surface area contributed by atoms with Crippen LogP contribution in [0.2, 0.25) is 0 Å². The molecule has 0 amide bonds. The van der Waals surface area contributed by atoms with E-state index >= 15 is 0 Å². The van der Waals surface area contributed by atoms with Crippen LogP contribution in [0.25, 0.3) is 0 Å². The summed E-state index contributed by atoms with van der Waals surface area (Å²) in [6, 6.07) is 4.32. The van der Waals surface area contributed by atoms with E-state index in [1.165, 1.54) is 18.2 Å². The molecule has 1 N–H and O–H groups in total. The summed E-state index contributed by atoms with van der Waals surface area (Å²) in [6.45, 7) is -0.278. The van der Waals surface area contributed by atoms with Gasteiger partial charge in [-0.2, -0.15) is 0 Å². The highest BCUT2D eigenvalue weighted by atomic mass is 32.1. The molecule has 10 heavy (non-hydrogen) atoms. The second-order valence-corrected chi connectivity index (χ2v) is 2.45. The average molecular weight is 158 g/mol. The monoisotopic (exact) mass is 158 g/mol. The van der Waals surface area contributed by atoms with Crippen molar-refractivity contribution in [3.63, 3.8) is 0 Å². The van der Waals surface area contributed by atoms with Gasteiger partial charge < -0.3 is 5.11 Å². The summed E-state index contributed by atoms with van der Waals surface area (Å²) in [6.07, 6.45) is 0. The van der Waals surface area contributed by atoms with Gasteiger partial charge in [-0.3, -0.25) is 0 Å². The molecular formula is C7H7FOS. The van der Waals surface area contributed by atoms with E-state index in [2.05, 4.69) is 12.6 Å². The van der Waals surface area contributed by atoms with E-state index in [4.69, 9.17) is 5.11 Å². The van der Waals surface area contributed by atoms with Crippen molar-refractivity contribution in [2.75, 3.05) is 0 Å². The third-order valence-electron chi connectivity index (χ3n) is 1.20. The van der Waals surface area contributed by atoms with E-state index in [-0.39, 0.29) is 18.0 Å². The summed E-state index contributed by atoms with van der Waals surface area (Å²) in [7, 11) is 0. The Balaban J connectivity index is 3.09. The maximum Gasteiger partial charge on any atom is 0.128 e. The first kappa shape index (κ1) is 7.57. The largest absolute Gasteiger partial charge is 0.392 e. The average Bonchev–Trinajstić information content (AvgIpc) is 1.94. The van der Waals surface area contributed by atoms with E-state index in [1.807, 2.05) is 0 Å². The minimum Gasteiger partial charge on any atom is -0.392 e. The fraction of sp³-hybridized carbons (Fsp3) is 0.143. The second kappa shape index (κ2) is 3.03. The molecule has 0 saturated heterocycles. The van der Waals surface area contributed by atoms with Gasteiger partial charge in [0.05, 0.1) is 6.61 Å². The van der Waals surface area contributed by atoms with Gasteiger partial charge in [0, 0.05) is 10.5 Å². The SMILES string of the molecule is OCc1cc(S)ccc1F. The van der Waals surface area contributed by atoms with Crippen molar-refractivity contribution >= 4 is 12.6 Å². The number of halogens is 1. The van der Waals surface area contributed by atoms with Crippen LogP contribution in [0.15, 0.2) is 23.1 Å². The normalized spacial score (nSPS) is 9.90. The van der Waals surface area contributed by atoms with Gasteiger partial charge in [0.25, 0.3) is 0 Å². The summed E-state index contributed by atoms with van der Waals surface area (Å²) >= 11 is 3.98. The van der Waals surface area contributed by atoms with Crippen LogP contribution in [-0.4, -0.2) is 5.11 Å². The Labute approximate surface area is 63.9 Å². The quantitative estimate of drug-likeness (QED) is 0.595. The Morgan fingerprint density at radius 3 is 2.70 bits per heavy atom. The highest BCUT2D eigenvalue weighted by molar-refractivity contribution is 7.80. The number of aliphatic hydroxyl groups excluding tert-OH is 1. The summed E-state index contributed by atoms with van der Waals surface area (Å²) in [5, 5.41) is 8.57. The van der Waals surface area contributed by atoms with E-state index in [1.54, 1.807) is 0 Å². The Hall–Kier alpha value is -0.540. The number of aliphatic hydroxyl groups is 1. The van der Waals surface area contributed by atoms with Crippen molar-refractivity contribution in [2.45, 2.75) is 11.5 Å². The maximum atomic E-state index is 12.6. The molecular weight excluding hydrogens is 151 g/mol. The zero-order valence-electron chi connectivity index (χ0n) is 5.21. The van der Waals surface area contributed by atoms with Crippen LogP contribution in [0.4, 0.5) is 4.39 Å². The summed E-state index contributed by atoms with van der Waals surface area (Å²) < 4.78 is 12.6. The molecule has 0 radical (unpaired) electrons. The van der Waals surface area contributed by atoms with Gasteiger partial charge in [0.2, 0.25) is 0 Å². The molecule has 0 atom stereocenters. The zero-order chi connectivity index (χ0) is 7.56. The molecule has 0 aliphatic rings. The van der Waals surface area contributed by atoms with E-state index < -0.39 is 0 Å². The zero-order valence-corrected chi connectivity index (χ0v) is 6.11. The minimum absolute atomic E-state index is 0.278. The van der Waals surface area contributed by atoms with Crippen molar-refractivity contribution in [3.8, 4) is 0 Å². The van der Waals surface area contributed by atoms with E-state index in [0.29, 0.717) is 4.90 Å². The molecule has 54 valence electrons. The predicted molar refractivity (Wildman–Crippen MR) is 39.6 cm³/mol. The van der Waals surface area contributed by atoms with Crippen molar-refractivity contribution in [3.05, 3.63) is 29.6 Å². The van der Waals surface area contributed by atoms with Crippen LogP contribution in [0.1, 0.15) is 5.56 Å². The number of benzene rings is 1. The molecule has 0 spiro atoms. The van der Waals surface area contributed by atoms with Gasteiger partial charge in [-0.25, -0.2) is 4.39 Å². The Bertz CT molecular complexity index is 237. The predicted octanol–water partition coefficient (Wildman–Crippen LogP) is 1.61. The van der Waals surface area contributed by atoms with Gasteiger partial charge in [-0.15, -0.1) is 12.6 Å². The van der Waals surface area contributed by atoms with Crippen LogP contribution in [-0.2, 0) is 6.61 Å². The molecule has 0 aromatic heterocycles. The first-order chi connectivity index (χ1) is 4.74. The van der Waals surface area contributed by atoms with E-state index in [9.17, 15) is 4.39 Å². The Kier molecular flexibility index (Phi) is 2.29. The Morgan fingerprint density at radius 1 is 1.50 bits per heavy atom. The highest BCUT2D eigenvalue weighted by Gasteiger charge is 1.98. The lowest BCUT2D eigenvalue weighted by molar-refractivity contribution is 0.275. The fourth-order valence-electron chi connectivity index (χ4n) is 0.682. The third kappa shape index (κ3) is 1.49. The molecule has 1 nitrogen and oxygen atoms in total. The topological polar surface area (TPSA) is 20.2 Å². The minimum atomic E-state index is -0.389. The van der Waals surface area contributed by atoms with Crippen molar-refractivity contribution in [1.82, 2.24) is 0 Å². The molecule has 1 rings (SSSR count). The first-order valence-corrected chi connectivity index (χ1v) is 3.27. The molecule has 0 fully saturated rings. The molecule has 0 heterocycles. The molecule has 3 heteroatoms. The van der Waals surface area contributed by atoms with Crippen LogP contribution in [0.3, 0.4) is 0 Å². The smallest absolute Gasteiger partial charge is 0.128 e. The summed E-state index contributed by atoms with van der Waals surface area (Å²) in [5.74, 6) is -0.389. The molecule has 0 aliphatic heterocycles. The standard InChI is InChI=1S/C7H7FOS/c8-7-2-1-6(10)3-5(7)4-9/h1-3,9-10H,4H2. The van der Waals surface area contributed by atoms with Crippen molar-refractivity contribution in [1.29, 1.82) is 0 Å². The number of hydrogen-bond acceptors (Lipinski definition) is 2. The highest BCUT2D eigenvalue weighted by Crippen LogP contribution is 2.12. The lowest BCUT2D eigenvalue weighted by Gasteiger charge is -1.97. The molecule has 1 aromatic rings. The maximum absolute atomic E-state index is 12.6. The van der Waals surface area contributed by atoms with Crippen molar-refractivity contribution in [2.24, 2.45) is 0 Å². The first-order valence-electron chi connectivity index (χ1n) is 2.82. The summed E-state index contributed by atoms with van der Waals surface area (Å²) in [5.41, 5.74) is 0.285. The molecule has 1 aromatic carbocycles. The molecule has 0 saturated carbocycles. The van der Waals surface area contributed by atoms with Gasteiger partial charge >= 0.3 is 0 Å². The molecule has 0 unspecified atom stereocenters. The summed E-state index contributed by atoms with van der Waals surface area (Å²) in [4.78, 5) is 0.658. The number of thiol groups is 1. The van der Waals surface area contributed by atoms with Crippen LogP contribution < -0.4 is 0 Å². The number of rotatable bonds is 1. The Morgan fingerprint density at radius 2 is 2.20 bits per heavy atom. The van der Waals surface area contributed by atoms with Crippen molar-refractivity contribution < 1.29 is 9.50 Å². The van der Waals surface area contributed by atoms with Crippen LogP contribution >= 0.6 is 12.6 Å². The number of hydrogen-bond donors (Lipinski definition) is 2. The van der Waals surface area contributed by atoms with Gasteiger partial charge in [0.15, 0.2) is 0 Å². The van der Waals surface area contributed by atoms with E-state index in [0.717, 1.165) is 0 Å². The lowest BCUT2D eigenvalue weighted by atomic mass is 10.2. The van der Waals surface area contributed by atoms with Crippen LogP contribution in [0.5, 0.6) is 0 Å². The van der Waals surface area contributed by atoms with Crippen LogP contribution in [0, 0.1) is 5.82 Å². The van der Waals surface area contributed by atoms with Gasteiger partial charge in [-0.1, -0.05) is 0 Å².